The molecule has 4 nitrogen and oxygen atoms in total. The van der Waals surface area contributed by atoms with Crippen molar-refractivity contribution >= 4 is 19.2 Å². The molecule has 0 unspecified atom stereocenters. The van der Waals surface area contributed by atoms with Crippen LogP contribution >= 0.6 is 8.15 Å². The average Bonchev–Trinajstić information content (AvgIpc) is 3.14. The summed E-state index contributed by atoms with van der Waals surface area (Å²) in [6.45, 7) is 5.88. The molecule has 0 aliphatic carbocycles. The van der Waals surface area contributed by atoms with E-state index >= 15 is 0 Å². The molecule has 5 heteroatoms. The molecule has 0 aliphatic rings. The first kappa shape index (κ1) is 53.2. The van der Waals surface area contributed by atoms with Gasteiger partial charge in [0.05, 0.1) is 0 Å². The number of unbranched alkanes of at least 4 members (excludes halogenated alkanes) is 30. The maximum absolute atomic E-state index is 13.2. The molecule has 0 rings (SSSR count). The van der Waals surface area contributed by atoms with Crippen LogP contribution in [0.25, 0.3) is 0 Å². The SMILES string of the molecule is CCCCCCCC/C=C\CCCCCCCCCCCC(=O)[PH-](OCC[N+](C)(C)C)C(=O)CCCCCCCCCCC/C=C\CCCCCCCC. The van der Waals surface area contributed by atoms with Gasteiger partial charge in [-0.1, -0.05) is 102 Å². The van der Waals surface area contributed by atoms with Crippen LogP contribution in [0.1, 0.15) is 245 Å². The summed E-state index contributed by atoms with van der Waals surface area (Å²) in [7, 11) is 4.33. The Balaban J connectivity index is 3.95. The Morgan fingerprint density at radius 3 is 0.944 bits per heavy atom. The predicted octanol–water partition coefficient (Wildman–Crippen LogP) is 16.1. The van der Waals surface area contributed by atoms with Crippen LogP contribution in [0, 0.1) is 0 Å². The van der Waals surface area contributed by atoms with Gasteiger partial charge in [0.2, 0.25) is 0 Å². The zero-order valence-corrected chi connectivity index (χ0v) is 38.4. The normalized spacial score (nSPS) is 12.4. The summed E-state index contributed by atoms with van der Waals surface area (Å²) in [5.74, 6) is 0. The molecule has 54 heavy (non-hydrogen) atoms. The fraction of sp³-hybridized carbons (Fsp3) is 0.878. The van der Waals surface area contributed by atoms with Crippen molar-refractivity contribution in [2.45, 2.75) is 245 Å². The molecule has 0 aromatic rings. The molecule has 0 bridgehead atoms. The van der Waals surface area contributed by atoms with E-state index in [1.165, 1.54) is 193 Å². The van der Waals surface area contributed by atoms with E-state index in [0.29, 0.717) is 19.4 Å². The van der Waals surface area contributed by atoms with E-state index in [2.05, 4.69) is 59.3 Å². The van der Waals surface area contributed by atoms with Gasteiger partial charge in [-0.3, -0.25) is 0 Å². The summed E-state index contributed by atoms with van der Waals surface area (Å²) in [6.07, 6.45) is 54.5. The number of carbonyl (C=O) groups is 2. The van der Waals surface area contributed by atoms with Crippen molar-refractivity contribution in [1.29, 1.82) is 0 Å². The smallest absolute Gasteiger partial charge is 0.0885 e. The summed E-state index contributed by atoms with van der Waals surface area (Å²) < 4.78 is 6.88. The van der Waals surface area contributed by atoms with Crippen LogP contribution in [-0.2, 0) is 14.1 Å². The zero-order chi connectivity index (χ0) is 39.6. The van der Waals surface area contributed by atoms with Crippen molar-refractivity contribution < 1.29 is 18.6 Å². The predicted molar refractivity (Wildman–Crippen MR) is 243 cm³/mol. The minimum atomic E-state index is -2.07. The standard InChI is InChI=1S/C49H96NO3P/c1-6-8-10-12-14-16-18-20-22-24-26-28-30-32-34-36-38-40-42-44-48(51)54(53-47-46-50(3,4)5)49(52)45-43-41-39-37-35-33-31-29-27-25-23-21-19-17-15-13-11-9-7-2/h20-23,54H,6-19,24-47H2,1-5H3/b22-20-,23-21-. The Hall–Kier alpha value is -0.830. The second-order valence-corrected chi connectivity index (χ2v) is 19.6. The number of quaternary nitrogens is 1. The summed E-state index contributed by atoms with van der Waals surface area (Å²) in [6, 6.07) is 0. The number of nitrogens with zero attached hydrogens (tertiary/aromatic N) is 1. The number of hydrogen-bond donors (Lipinski definition) is 0. The quantitative estimate of drug-likeness (QED) is 0.0268. The van der Waals surface area contributed by atoms with Crippen molar-refractivity contribution in [3.63, 3.8) is 0 Å². The molecule has 0 fully saturated rings. The third-order valence-corrected chi connectivity index (χ3v) is 12.9. The molecule has 0 radical (unpaired) electrons. The van der Waals surface area contributed by atoms with Crippen molar-refractivity contribution in [3.8, 4) is 0 Å². The van der Waals surface area contributed by atoms with Crippen LogP contribution in [0.3, 0.4) is 0 Å². The molecule has 0 atom stereocenters. The third-order valence-electron chi connectivity index (χ3n) is 10.8. The molecule has 0 aromatic carbocycles. The first-order valence-corrected chi connectivity index (χ1v) is 25.4. The van der Waals surface area contributed by atoms with Gasteiger partial charge in [0.1, 0.15) is 0 Å². The fourth-order valence-electron chi connectivity index (χ4n) is 7.09. The van der Waals surface area contributed by atoms with Gasteiger partial charge in [0, 0.05) is 0 Å². The molecule has 0 heterocycles. The van der Waals surface area contributed by atoms with E-state index < -0.39 is 8.15 Å². The van der Waals surface area contributed by atoms with E-state index in [4.69, 9.17) is 4.52 Å². The van der Waals surface area contributed by atoms with Gasteiger partial charge in [-0.2, -0.15) is 0 Å². The Bertz CT molecular complexity index is 803. The average molecular weight is 778 g/mol. The number of rotatable bonds is 44. The van der Waals surface area contributed by atoms with E-state index in [-0.39, 0.29) is 11.0 Å². The molecule has 320 valence electrons. The van der Waals surface area contributed by atoms with Gasteiger partial charge < -0.3 is 0 Å². The second-order valence-electron chi connectivity index (χ2n) is 17.5. The molecule has 0 saturated carbocycles. The molecule has 0 spiro atoms. The zero-order valence-electron chi connectivity index (χ0n) is 37.4. The van der Waals surface area contributed by atoms with Gasteiger partial charge in [0.15, 0.2) is 0 Å². The summed E-state index contributed by atoms with van der Waals surface area (Å²) in [4.78, 5) is 26.4. The number of hydrogen-bond acceptors (Lipinski definition) is 3. The van der Waals surface area contributed by atoms with E-state index in [0.717, 1.165) is 36.7 Å². The third kappa shape index (κ3) is 40.8. The molecule has 0 aliphatic heterocycles. The van der Waals surface area contributed by atoms with Crippen LogP contribution < -0.4 is 0 Å². The van der Waals surface area contributed by atoms with Crippen molar-refractivity contribution in [2.24, 2.45) is 0 Å². The first-order valence-electron chi connectivity index (χ1n) is 24.0. The minimum absolute atomic E-state index is 0.112. The Kier molecular flexibility index (Phi) is 41.2. The minimum Gasteiger partial charge on any atom is -0.0885 e. The molecule has 0 amide bonds. The van der Waals surface area contributed by atoms with Gasteiger partial charge in [-0.05, 0) is 25.7 Å². The van der Waals surface area contributed by atoms with Crippen molar-refractivity contribution in [1.82, 2.24) is 0 Å². The Morgan fingerprint density at radius 2 is 0.667 bits per heavy atom. The second kappa shape index (κ2) is 41.8. The van der Waals surface area contributed by atoms with E-state index in [1.54, 1.807) is 0 Å². The van der Waals surface area contributed by atoms with E-state index in [1.807, 2.05) is 0 Å². The Morgan fingerprint density at radius 1 is 0.407 bits per heavy atom. The van der Waals surface area contributed by atoms with Crippen LogP contribution in [-0.4, -0.2) is 49.8 Å². The summed E-state index contributed by atoms with van der Waals surface area (Å²) in [5, 5.41) is 0. The monoisotopic (exact) mass is 778 g/mol. The fourth-order valence-corrected chi connectivity index (χ4v) is 8.83. The topological polar surface area (TPSA) is 43.4 Å². The van der Waals surface area contributed by atoms with Crippen LogP contribution in [0.5, 0.6) is 0 Å². The van der Waals surface area contributed by atoms with Crippen LogP contribution in [0.15, 0.2) is 24.3 Å². The van der Waals surface area contributed by atoms with Crippen molar-refractivity contribution in [2.75, 3.05) is 34.3 Å². The summed E-state index contributed by atoms with van der Waals surface area (Å²) in [5.41, 5.74) is 0.224. The molecule has 0 saturated heterocycles. The van der Waals surface area contributed by atoms with Crippen molar-refractivity contribution in [3.05, 3.63) is 24.3 Å². The number of likely N-dealkylation sites (N-methyl/N-ethyl adjacent to an activating group) is 1. The van der Waals surface area contributed by atoms with Gasteiger partial charge in [-0.25, -0.2) is 0 Å². The molecule has 0 N–H and O–H groups in total. The molecular formula is C49H96NO3P. The Labute approximate surface area is 340 Å². The number of carbonyl (C=O) groups excluding carboxylic acids is 2. The van der Waals surface area contributed by atoms with Gasteiger partial charge in [0.25, 0.3) is 0 Å². The summed E-state index contributed by atoms with van der Waals surface area (Å²) >= 11 is 0. The van der Waals surface area contributed by atoms with Crippen LogP contribution in [0.4, 0.5) is 0 Å². The number of allylic oxidation sites excluding steroid dienone is 4. The molecule has 0 aromatic heterocycles. The maximum atomic E-state index is 13.2. The van der Waals surface area contributed by atoms with E-state index in [9.17, 15) is 9.59 Å². The van der Waals surface area contributed by atoms with Crippen LogP contribution in [0.2, 0.25) is 0 Å². The first-order chi connectivity index (χ1) is 26.3. The van der Waals surface area contributed by atoms with Gasteiger partial charge in [-0.15, -0.1) is 0 Å². The van der Waals surface area contributed by atoms with Gasteiger partial charge >= 0.3 is 213 Å². The molecular weight excluding hydrogens is 682 g/mol.